The minimum Gasteiger partial charge on any atom is -0.442 e. The molecule has 10 heteroatoms. The highest BCUT2D eigenvalue weighted by Gasteiger charge is 2.31. The van der Waals surface area contributed by atoms with Crippen molar-refractivity contribution in [2.45, 2.75) is 51.7 Å². The zero-order chi connectivity index (χ0) is 35.5. The molecule has 9 nitrogen and oxygen atoms in total. The summed E-state index contributed by atoms with van der Waals surface area (Å²) in [5.41, 5.74) is 3.84. The van der Waals surface area contributed by atoms with E-state index in [1.165, 1.54) is 26.0 Å². The number of anilines is 2. The van der Waals surface area contributed by atoms with Crippen molar-refractivity contribution in [1.29, 1.82) is 0 Å². The van der Waals surface area contributed by atoms with E-state index in [1.54, 1.807) is 48.5 Å². The van der Waals surface area contributed by atoms with Gasteiger partial charge in [-0.15, -0.1) is 0 Å². The number of nitrogens with zero attached hydrogens (tertiary/aromatic N) is 1. The summed E-state index contributed by atoms with van der Waals surface area (Å²) in [5.74, 6) is -0.0645. The molecule has 0 bridgehead atoms. The average Bonchev–Trinajstić information content (AvgIpc) is 3.10. The van der Waals surface area contributed by atoms with Gasteiger partial charge in [-0.05, 0) is 106 Å². The summed E-state index contributed by atoms with van der Waals surface area (Å²) in [4.78, 5) is 53.0. The molecule has 0 saturated carbocycles. The zero-order valence-electron chi connectivity index (χ0n) is 28.4. The number of carbonyl (C=O) groups is 4. The first-order valence-electron chi connectivity index (χ1n) is 16.9. The third kappa shape index (κ3) is 10.8. The number of ether oxygens (including phenoxy) is 1. The third-order valence-electron chi connectivity index (χ3n) is 8.95. The van der Waals surface area contributed by atoms with Gasteiger partial charge < -0.3 is 15.4 Å². The molecule has 2 atom stereocenters. The van der Waals surface area contributed by atoms with E-state index in [1.807, 2.05) is 42.5 Å². The van der Waals surface area contributed by atoms with Gasteiger partial charge in [-0.3, -0.25) is 19.8 Å². The van der Waals surface area contributed by atoms with E-state index >= 15 is 0 Å². The molecular formula is C40H43FN4O5. The maximum absolute atomic E-state index is 13.5. The molecule has 50 heavy (non-hydrogen) atoms. The number of likely N-dealkylation sites (tertiary alicyclic amines) is 1. The Morgan fingerprint density at radius 1 is 0.760 bits per heavy atom. The fourth-order valence-electron chi connectivity index (χ4n) is 6.22. The van der Waals surface area contributed by atoms with Crippen molar-refractivity contribution in [1.82, 2.24) is 10.2 Å². The van der Waals surface area contributed by atoms with Gasteiger partial charge in [0.25, 0.3) is 0 Å². The van der Waals surface area contributed by atoms with Gasteiger partial charge >= 0.3 is 12.1 Å². The van der Waals surface area contributed by atoms with Crippen molar-refractivity contribution in [3.05, 3.63) is 131 Å². The lowest BCUT2D eigenvalue weighted by Crippen LogP contribution is -2.53. The van der Waals surface area contributed by atoms with Crippen LogP contribution in [0.4, 0.5) is 25.4 Å². The first-order valence-corrected chi connectivity index (χ1v) is 16.9. The predicted octanol–water partition coefficient (Wildman–Crippen LogP) is 7.54. The van der Waals surface area contributed by atoms with E-state index in [-0.39, 0.29) is 17.4 Å². The Balaban J connectivity index is 1.34. The largest absolute Gasteiger partial charge is 0.442 e. The van der Waals surface area contributed by atoms with Crippen LogP contribution >= 0.6 is 0 Å². The standard InChI is InChI=1S/C40H43FN4O5/c1-27(46)32-10-6-12-35(24-32)42-39(48)44-37(23-29-8-4-3-5-9-29)38(50-40(49)43-36-13-7-11-33(25-36)28(2)47)26-45-20-18-31(19-21-45)22-30-14-16-34(41)17-15-30/h3-17,24-25,31,37-38H,18-23,26H2,1-2H3,(H,43,49)(H2,42,44,48)/t37-,38-/m1/s1. The molecule has 1 heterocycles. The lowest BCUT2D eigenvalue weighted by Gasteiger charge is -2.36. The van der Waals surface area contributed by atoms with Gasteiger partial charge in [0.15, 0.2) is 11.6 Å². The number of carbonyl (C=O) groups excluding carboxylic acids is 4. The molecule has 1 aliphatic heterocycles. The van der Waals surface area contributed by atoms with Crippen LogP contribution < -0.4 is 16.0 Å². The molecule has 0 unspecified atom stereocenters. The topological polar surface area (TPSA) is 117 Å². The van der Waals surface area contributed by atoms with Crippen molar-refractivity contribution < 1.29 is 28.3 Å². The van der Waals surface area contributed by atoms with Crippen molar-refractivity contribution >= 4 is 35.1 Å². The molecule has 3 N–H and O–H groups in total. The quantitative estimate of drug-likeness (QED) is 0.126. The average molecular weight is 679 g/mol. The van der Waals surface area contributed by atoms with Crippen LogP contribution in [0.25, 0.3) is 0 Å². The summed E-state index contributed by atoms with van der Waals surface area (Å²) in [7, 11) is 0. The number of benzene rings is 4. The summed E-state index contributed by atoms with van der Waals surface area (Å²) < 4.78 is 19.6. The Kier molecular flexibility index (Phi) is 12.5. The first kappa shape index (κ1) is 35.9. The molecule has 1 aliphatic rings. The predicted molar refractivity (Wildman–Crippen MR) is 192 cm³/mol. The van der Waals surface area contributed by atoms with E-state index in [0.717, 1.165) is 43.5 Å². The number of hydrogen-bond donors (Lipinski definition) is 3. The number of piperidine rings is 1. The van der Waals surface area contributed by atoms with Gasteiger partial charge in [0.1, 0.15) is 11.9 Å². The van der Waals surface area contributed by atoms with Crippen molar-refractivity contribution in [3.8, 4) is 0 Å². The maximum atomic E-state index is 13.5. The second kappa shape index (κ2) is 17.3. The number of urea groups is 1. The Labute approximate surface area is 292 Å². The Bertz CT molecular complexity index is 1770. The Morgan fingerprint density at radius 2 is 1.36 bits per heavy atom. The number of Topliss-reactive ketones (excluding diaryl/α,β-unsaturated/α-hetero) is 2. The molecule has 260 valence electrons. The highest BCUT2D eigenvalue weighted by molar-refractivity contribution is 5.97. The molecule has 0 radical (unpaired) electrons. The number of amides is 3. The van der Waals surface area contributed by atoms with E-state index in [0.29, 0.717) is 41.4 Å². The zero-order valence-corrected chi connectivity index (χ0v) is 28.4. The van der Waals surface area contributed by atoms with Gasteiger partial charge in [-0.2, -0.15) is 0 Å². The highest BCUT2D eigenvalue weighted by Crippen LogP contribution is 2.24. The lowest BCUT2D eigenvalue weighted by molar-refractivity contribution is 0.0471. The van der Waals surface area contributed by atoms with Gasteiger partial charge in [-0.25, -0.2) is 14.0 Å². The second-order valence-corrected chi connectivity index (χ2v) is 12.8. The van der Waals surface area contributed by atoms with Crippen LogP contribution in [-0.2, 0) is 17.6 Å². The van der Waals surface area contributed by atoms with E-state index in [2.05, 4.69) is 20.9 Å². The third-order valence-corrected chi connectivity index (χ3v) is 8.95. The summed E-state index contributed by atoms with van der Waals surface area (Å²) in [6.45, 7) is 4.80. The smallest absolute Gasteiger partial charge is 0.412 e. The normalized spacial score (nSPS) is 14.6. The monoisotopic (exact) mass is 678 g/mol. The number of nitrogens with one attached hydrogen (secondary N) is 3. The number of ketones is 2. The molecule has 4 aromatic carbocycles. The molecule has 1 fully saturated rings. The van der Waals surface area contributed by atoms with Crippen molar-refractivity contribution in [2.75, 3.05) is 30.3 Å². The van der Waals surface area contributed by atoms with Crippen LogP contribution in [0.1, 0.15) is 58.5 Å². The maximum Gasteiger partial charge on any atom is 0.412 e. The molecule has 0 aliphatic carbocycles. The molecule has 5 rings (SSSR count). The van der Waals surface area contributed by atoms with Crippen molar-refractivity contribution in [3.63, 3.8) is 0 Å². The number of rotatable bonds is 13. The molecule has 4 aromatic rings. The van der Waals surface area contributed by atoms with Gasteiger partial charge in [0.05, 0.1) is 6.04 Å². The number of hydrogen-bond acceptors (Lipinski definition) is 6. The summed E-state index contributed by atoms with van der Waals surface area (Å²) in [5, 5.41) is 8.63. The van der Waals surface area contributed by atoms with Crippen LogP contribution in [0.2, 0.25) is 0 Å². The van der Waals surface area contributed by atoms with Crippen molar-refractivity contribution in [2.24, 2.45) is 5.92 Å². The van der Waals surface area contributed by atoms with Gasteiger partial charge in [-0.1, -0.05) is 66.7 Å². The fraction of sp³-hybridized carbons (Fsp3) is 0.300. The second-order valence-electron chi connectivity index (χ2n) is 12.8. The Morgan fingerprint density at radius 3 is 1.96 bits per heavy atom. The van der Waals surface area contributed by atoms with Crippen LogP contribution in [0.15, 0.2) is 103 Å². The lowest BCUT2D eigenvalue weighted by atomic mass is 9.90. The van der Waals surface area contributed by atoms with Crippen LogP contribution in [0.3, 0.4) is 0 Å². The van der Waals surface area contributed by atoms with Gasteiger partial charge in [0, 0.05) is 29.0 Å². The summed E-state index contributed by atoms with van der Waals surface area (Å²) >= 11 is 0. The summed E-state index contributed by atoms with van der Waals surface area (Å²) in [6.07, 6.45) is 1.58. The summed E-state index contributed by atoms with van der Waals surface area (Å²) in [6, 6.07) is 28.5. The molecule has 3 amide bonds. The van der Waals surface area contributed by atoms with Crippen LogP contribution in [-0.4, -0.2) is 60.4 Å². The number of halogens is 1. The van der Waals surface area contributed by atoms with Crippen LogP contribution in [0, 0.1) is 11.7 Å². The minimum atomic E-state index is -0.769. The molecule has 1 saturated heterocycles. The van der Waals surface area contributed by atoms with E-state index in [9.17, 15) is 23.6 Å². The first-order chi connectivity index (χ1) is 24.1. The molecular weight excluding hydrogens is 635 g/mol. The molecule has 0 spiro atoms. The SMILES string of the molecule is CC(=O)c1cccc(NC(=O)N[C@H](Cc2ccccc2)[C@@H](CN2CCC(Cc3ccc(F)cc3)CC2)OC(=O)Nc2cccc(C(C)=O)c2)c1. The Hall–Kier alpha value is -5.35. The van der Waals surface area contributed by atoms with E-state index in [4.69, 9.17) is 4.74 Å². The van der Waals surface area contributed by atoms with Crippen LogP contribution in [0.5, 0.6) is 0 Å². The molecule has 0 aromatic heterocycles. The van der Waals surface area contributed by atoms with E-state index < -0.39 is 24.3 Å². The fourth-order valence-corrected chi connectivity index (χ4v) is 6.22. The van der Waals surface area contributed by atoms with Gasteiger partial charge in [0.2, 0.25) is 0 Å². The highest BCUT2D eigenvalue weighted by atomic mass is 19.1. The minimum absolute atomic E-state index is 0.120.